The van der Waals surface area contributed by atoms with Gasteiger partial charge in [-0.05, 0) is 12.5 Å². The third kappa shape index (κ3) is 3.53. The summed E-state index contributed by atoms with van der Waals surface area (Å²) < 4.78 is 32.0. The van der Waals surface area contributed by atoms with Gasteiger partial charge in [-0.15, -0.1) is 0 Å². The largest absolute Gasteiger partial charge is 0.495 e. The maximum atomic E-state index is 12.8. The van der Waals surface area contributed by atoms with Crippen LogP contribution in [0.25, 0.3) is 0 Å². The van der Waals surface area contributed by atoms with Crippen molar-refractivity contribution in [1.29, 1.82) is 0 Å². The summed E-state index contributed by atoms with van der Waals surface area (Å²) in [5.41, 5.74) is -0.198. The molecule has 1 aromatic rings. The van der Waals surface area contributed by atoms with E-state index in [9.17, 15) is 18.5 Å². The predicted octanol–water partition coefficient (Wildman–Crippen LogP) is 2.12. The molecule has 0 radical (unpaired) electrons. The summed E-state index contributed by atoms with van der Waals surface area (Å²) in [4.78, 5) is 10.2. The molecule has 0 N–H and O–H groups in total. The highest BCUT2D eigenvalue weighted by Crippen LogP contribution is 2.32. The Labute approximate surface area is 133 Å². The molecule has 0 amide bonds. The van der Waals surface area contributed by atoms with Crippen molar-refractivity contribution in [2.75, 3.05) is 26.0 Å². The second kappa shape index (κ2) is 6.84. The maximum absolute atomic E-state index is 12.8. The molecule has 2 rings (SSSR count). The Bertz CT molecular complexity index is 662. The molecule has 1 aliphatic rings. The number of methoxy groups -OCH3 is 1. The summed E-state index contributed by atoms with van der Waals surface area (Å²) in [5.74, 6) is 0.731. The Hall–Kier alpha value is -1.32. The van der Waals surface area contributed by atoms with Crippen molar-refractivity contribution < 1.29 is 18.1 Å². The number of non-ortho nitro benzene ring substituents is 1. The van der Waals surface area contributed by atoms with Crippen molar-refractivity contribution in [3.63, 3.8) is 0 Å². The van der Waals surface area contributed by atoms with Crippen LogP contribution in [0.15, 0.2) is 23.1 Å². The zero-order valence-corrected chi connectivity index (χ0v) is 14.0. The first-order chi connectivity index (χ1) is 10.4. The molecule has 1 heterocycles. The molecule has 0 aromatic heterocycles. The zero-order chi connectivity index (χ0) is 16.3. The van der Waals surface area contributed by atoms with Crippen LogP contribution in [0.5, 0.6) is 5.75 Å². The Morgan fingerprint density at radius 2 is 2.14 bits per heavy atom. The van der Waals surface area contributed by atoms with Gasteiger partial charge in [-0.2, -0.15) is 16.1 Å². The van der Waals surface area contributed by atoms with Crippen molar-refractivity contribution in [1.82, 2.24) is 4.31 Å². The Morgan fingerprint density at radius 1 is 1.41 bits per heavy atom. The van der Waals surface area contributed by atoms with Gasteiger partial charge >= 0.3 is 0 Å². The van der Waals surface area contributed by atoms with Crippen molar-refractivity contribution >= 4 is 27.5 Å². The van der Waals surface area contributed by atoms with E-state index < -0.39 is 14.9 Å². The van der Waals surface area contributed by atoms with Crippen LogP contribution in [0, 0.1) is 10.1 Å². The van der Waals surface area contributed by atoms with E-state index in [-0.39, 0.29) is 16.3 Å². The number of thioether (sulfide) groups is 1. The fraction of sp³-hybridized carbons (Fsp3) is 0.538. The van der Waals surface area contributed by atoms with Gasteiger partial charge in [-0.3, -0.25) is 10.1 Å². The number of nitro groups is 1. The van der Waals surface area contributed by atoms with Crippen molar-refractivity contribution in [2.24, 2.45) is 0 Å². The van der Waals surface area contributed by atoms with Crippen LogP contribution in [-0.4, -0.2) is 48.8 Å². The Kier molecular flexibility index (Phi) is 5.30. The van der Waals surface area contributed by atoms with Crippen molar-refractivity contribution in [3.05, 3.63) is 28.3 Å². The van der Waals surface area contributed by atoms with Crippen LogP contribution < -0.4 is 4.74 Å². The monoisotopic (exact) mass is 346 g/mol. The van der Waals surface area contributed by atoms with E-state index in [2.05, 4.69) is 6.92 Å². The third-order valence-electron chi connectivity index (χ3n) is 3.50. The minimum absolute atomic E-state index is 0.000788. The molecule has 122 valence electrons. The predicted molar refractivity (Wildman–Crippen MR) is 84.9 cm³/mol. The molecule has 9 heteroatoms. The molecular weight excluding hydrogens is 328 g/mol. The highest BCUT2D eigenvalue weighted by Gasteiger charge is 2.30. The lowest BCUT2D eigenvalue weighted by Crippen LogP contribution is -2.33. The van der Waals surface area contributed by atoms with E-state index in [0.29, 0.717) is 18.3 Å². The summed E-state index contributed by atoms with van der Waals surface area (Å²) in [7, 11) is -2.42. The highest BCUT2D eigenvalue weighted by atomic mass is 32.2. The first-order valence-electron chi connectivity index (χ1n) is 6.80. The number of hydrogen-bond donors (Lipinski definition) is 0. The van der Waals surface area contributed by atoms with Crippen LogP contribution in [0.3, 0.4) is 0 Å². The van der Waals surface area contributed by atoms with Crippen LogP contribution in [0.2, 0.25) is 0 Å². The fourth-order valence-corrected chi connectivity index (χ4v) is 4.95. The summed E-state index contributed by atoms with van der Waals surface area (Å²) >= 11 is 1.74. The lowest BCUT2D eigenvalue weighted by Gasteiger charge is -2.21. The zero-order valence-electron chi connectivity index (χ0n) is 12.4. The molecule has 0 spiro atoms. The lowest BCUT2D eigenvalue weighted by molar-refractivity contribution is -0.385. The van der Waals surface area contributed by atoms with Crippen molar-refractivity contribution in [3.8, 4) is 5.75 Å². The molecule has 1 aliphatic heterocycles. The number of ether oxygens (including phenoxy) is 1. The van der Waals surface area contributed by atoms with Gasteiger partial charge in [0.05, 0.1) is 18.1 Å². The first-order valence-corrected chi connectivity index (χ1v) is 9.29. The molecule has 1 fully saturated rings. The molecule has 22 heavy (non-hydrogen) atoms. The minimum atomic E-state index is -3.72. The van der Waals surface area contributed by atoms with E-state index >= 15 is 0 Å². The highest BCUT2D eigenvalue weighted by molar-refractivity contribution is 8.00. The lowest BCUT2D eigenvalue weighted by atomic mass is 10.3. The average Bonchev–Trinajstić information content (AvgIpc) is 2.71. The summed E-state index contributed by atoms with van der Waals surface area (Å²) in [6.45, 7) is 2.95. The average molecular weight is 346 g/mol. The van der Waals surface area contributed by atoms with Gasteiger partial charge in [-0.25, -0.2) is 8.42 Å². The number of rotatable bonds is 4. The fourth-order valence-electron chi connectivity index (χ4n) is 2.24. The van der Waals surface area contributed by atoms with Crippen LogP contribution >= 0.6 is 11.8 Å². The second-order valence-corrected chi connectivity index (χ2v) is 8.42. The SMILES string of the molecule is COc1cc([N+](=O)[O-])ccc1S(=O)(=O)N1CCS[C@H](C)CC1. The van der Waals surface area contributed by atoms with E-state index in [0.717, 1.165) is 18.2 Å². The quantitative estimate of drug-likeness (QED) is 0.613. The van der Waals surface area contributed by atoms with Gasteiger partial charge in [0.25, 0.3) is 5.69 Å². The van der Waals surface area contributed by atoms with Gasteiger partial charge in [0.15, 0.2) is 0 Å². The topological polar surface area (TPSA) is 89.7 Å². The molecule has 1 aromatic carbocycles. The molecule has 0 bridgehead atoms. The molecule has 0 saturated carbocycles. The molecule has 1 atom stereocenters. The normalized spacial score (nSPS) is 20.4. The number of nitrogens with zero attached hydrogens (tertiary/aromatic N) is 2. The van der Waals surface area contributed by atoms with Gasteiger partial charge in [-0.1, -0.05) is 6.92 Å². The Morgan fingerprint density at radius 3 is 2.77 bits per heavy atom. The van der Waals surface area contributed by atoms with E-state index in [1.807, 2.05) is 0 Å². The first kappa shape index (κ1) is 17.0. The van der Waals surface area contributed by atoms with Crippen LogP contribution in [0.4, 0.5) is 5.69 Å². The maximum Gasteiger partial charge on any atom is 0.273 e. The van der Waals surface area contributed by atoms with Gasteiger partial charge in [0.1, 0.15) is 10.6 Å². The molecular formula is C13H18N2O5S2. The van der Waals surface area contributed by atoms with Crippen LogP contribution in [0.1, 0.15) is 13.3 Å². The summed E-state index contributed by atoms with van der Waals surface area (Å²) in [5, 5.41) is 11.2. The third-order valence-corrected chi connectivity index (χ3v) is 6.67. The van der Waals surface area contributed by atoms with Crippen molar-refractivity contribution in [2.45, 2.75) is 23.5 Å². The smallest absolute Gasteiger partial charge is 0.273 e. The van der Waals surface area contributed by atoms with Gasteiger partial charge in [0.2, 0.25) is 10.0 Å². The molecule has 0 aliphatic carbocycles. The van der Waals surface area contributed by atoms with Crippen LogP contribution in [-0.2, 0) is 10.0 Å². The van der Waals surface area contributed by atoms with Gasteiger partial charge in [0, 0.05) is 30.2 Å². The summed E-state index contributed by atoms with van der Waals surface area (Å²) in [6.07, 6.45) is 0.777. The number of hydrogen-bond acceptors (Lipinski definition) is 6. The minimum Gasteiger partial charge on any atom is -0.495 e. The standard InChI is InChI=1S/C13H18N2O5S2/c1-10-5-6-14(7-8-21-10)22(18,19)13-4-3-11(15(16)17)9-12(13)20-2/h3-4,9-10H,5-8H2,1-2H3/t10-/m1/s1. The van der Waals surface area contributed by atoms with E-state index in [1.54, 1.807) is 11.8 Å². The van der Waals surface area contributed by atoms with Gasteiger partial charge < -0.3 is 4.74 Å². The molecule has 7 nitrogen and oxygen atoms in total. The molecule has 0 unspecified atom stereocenters. The second-order valence-electron chi connectivity index (χ2n) is 4.97. The van der Waals surface area contributed by atoms with E-state index in [4.69, 9.17) is 4.74 Å². The van der Waals surface area contributed by atoms with E-state index in [1.165, 1.54) is 23.5 Å². The number of nitro benzene ring substituents is 1. The molecule has 1 saturated heterocycles. The Balaban J connectivity index is 2.38. The summed E-state index contributed by atoms with van der Waals surface area (Å²) in [6, 6.07) is 3.57. The number of sulfonamides is 1. The number of benzene rings is 1.